The van der Waals surface area contributed by atoms with Gasteiger partial charge in [-0.1, -0.05) is 30.3 Å². The number of amides is 1. The van der Waals surface area contributed by atoms with Gasteiger partial charge >= 0.3 is 5.91 Å². The van der Waals surface area contributed by atoms with Crippen LogP contribution in [0, 0.1) is 0 Å². The Labute approximate surface area is 87.6 Å². The van der Waals surface area contributed by atoms with E-state index in [1.807, 2.05) is 6.07 Å². The largest absolute Gasteiger partial charge is 0.541 e. The molecule has 2 rings (SSSR count). The number of hydrogen-bond donors (Lipinski definition) is 0. The second-order valence-corrected chi connectivity index (χ2v) is 3.78. The topological polar surface area (TPSA) is 49.4 Å². The predicted molar refractivity (Wildman–Crippen MR) is 51.6 cm³/mol. The summed E-state index contributed by atoms with van der Waals surface area (Å²) in [6.07, 6.45) is 0. The van der Waals surface area contributed by atoms with Crippen molar-refractivity contribution >= 4 is 11.5 Å². The summed E-state index contributed by atoms with van der Waals surface area (Å²) in [5.74, 6) is -0.873. The molecule has 0 radical (unpaired) electrons. The minimum Gasteiger partial charge on any atom is -0.541 e. The van der Waals surface area contributed by atoms with Gasteiger partial charge in [0, 0.05) is 0 Å². The first kappa shape index (κ1) is 9.73. The van der Waals surface area contributed by atoms with Crippen molar-refractivity contribution in [3.8, 4) is 0 Å². The average Bonchev–Trinajstić information content (AvgIpc) is 2.38. The highest BCUT2D eigenvalue weighted by Gasteiger charge is 2.37. The molecule has 1 heterocycles. The van der Waals surface area contributed by atoms with Crippen molar-refractivity contribution in [1.29, 1.82) is 0 Å². The van der Waals surface area contributed by atoms with Crippen LogP contribution in [-0.2, 0) is 9.63 Å². The Morgan fingerprint density at radius 1 is 1.20 bits per heavy atom. The summed E-state index contributed by atoms with van der Waals surface area (Å²) in [4.78, 5) is 16.8. The van der Waals surface area contributed by atoms with E-state index < -0.39 is 5.95 Å². The molecule has 1 amide bonds. The van der Waals surface area contributed by atoms with E-state index in [0.717, 1.165) is 0 Å². The van der Waals surface area contributed by atoms with E-state index in [1.165, 1.54) is 14.1 Å². The maximum Gasteiger partial charge on any atom is 0.372 e. The molecular formula is C11H11NO3. The molecule has 1 aliphatic heterocycles. The SMILES string of the molecule is C[N+]1(C)OC([O-])=C(c2ccccc2)C1=O. The van der Waals surface area contributed by atoms with Crippen molar-refractivity contribution < 1.29 is 19.4 Å². The average molecular weight is 205 g/mol. The van der Waals surface area contributed by atoms with Gasteiger partial charge in [0.25, 0.3) is 0 Å². The Kier molecular flexibility index (Phi) is 2.01. The number of likely N-dealkylation sites (N-methyl/N-ethyl adjacent to an activating group) is 1. The molecule has 0 aromatic heterocycles. The normalized spacial score (nSPS) is 19.2. The Hall–Kier alpha value is -1.81. The maximum absolute atomic E-state index is 11.8. The Balaban J connectivity index is 2.48. The molecule has 0 unspecified atom stereocenters. The van der Waals surface area contributed by atoms with Crippen LogP contribution in [0.25, 0.3) is 5.57 Å². The number of benzene rings is 1. The van der Waals surface area contributed by atoms with E-state index in [1.54, 1.807) is 24.3 Å². The van der Waals surface area contributed by atoms with Gasteiger partial charge in [-0.2, -0.15) is 4.65 Å². The standard InChI is InChI=1S/C11H11NO3/c1-12(2)10(13)9(11(14)15-12)8-6-4-3-5-7-8/h3-7H,1-2H3. The van der Waals surface area contributed by atoms with Crippen LogP contribution in [0.15, 0.2) is 36.3 Å². The van der Waals surface area contributed by atoms with Gasteiger partial charge in [-0.15, -0.1) is 0 Å². The fourth-order valence-electron chi connectivity index (χ4n) is 1.50. The van der Waals surface area contributed by atoms with E-state index in [9.17, 15) is 9.90 Å². The number of carbonyl (C=O) groups excluding carboxylic acids is 1. The molecule has 1 aliphatic rings. The highest BCUT2D eigenvalue weighted by Crippen LogP contribution is 2.29. The molecule has 0 saturated heterocycles. The van der Waals surface area contributed by atoms with Gasteiger partial charge in [-0.25, -0.2) is 4.79 Å². The third-order valence-electron chi connectivity index (χ3n) is 2.28. The molecular weight excluding hydrogens is 194 g/mol. The lowest BCUT2D eigenvalue weighted by molar-refractivity contribution is -1.01. The number of nitrogens with zero attached hydrogens (tertiary/aromatic N) is 1. The van der Waals surface area contributed by atoms with Crippen LogP contribution in [0.2, 0.25) is 0 Å². The molecule has 0 N–H and O–H groups in total. The van der Waals surface area contributed by atoms with Crippen molar-refractivity contribution in [3.63, 3.8) is 0 Å². The van der Waals surface area contributed by atoms with Crippen molar-refractivity contribution in [2.45, 2.75) is 0 Å². The number of carbonyl (C=O) groups is 1. The molecule has 1 aromatic carbocycles. The van der Waals surface area contributed by atoms with E-state index in [-0.39, 0.29) is 16.1 Å². The second-order valence-electron chi connectivity index (χ2n) is 3.78. The minimum absolute atomic E-state index is 0.126. The van der Waals surface area contributed by atoms with Gasteiger partial charge < -0.3 is 9.94 Å². The van der Waals surface area contributed by atoms with E-state index >= 15 is 0 Å². The fourth-order valence-corrected chi connectivity index (χ4v) is 1.50. The van der Waals surface area contributed by atoms with Crippen molar-refractivity contribution in [3.05, 3.63) is 41.8 Å². The summed E-state index contributed by atoms with van der Waals surface area (Å²) in [6, 6.07) is 8.83. The van der Waals surface area contributed by atoms with Crippen LogP contribution in [0.3, 0.4) is 0 Å². The molecule has 0 saturated carbocycles. The molecule has 4 heteroatoms. The summed E-state index contributed by atoms with van der Waals surface area (Å²) in [7, 11) is 3.08. The van der Waals surface area contributed by atoms with Crippen LogP contribution < -0.4 is 5.11 Å². The highest BCUT2D eigenvalue weighted by atomic mass is 16.8. The molecule has 15 heavy (non-hydrogen) atoms. The van der Waals surface area contributed by atoms with Crippen molar-refractivity contribution in [2.24, 2.45) is 0 Å². The van der Waals surface area contributed by atoms with Crippen LogP contribution in [0.4, 0.5) is 0 Å². The van der Waals surface area contributed by atoms with Crippen LogP contribution in [0.5, 0.6) is 0 Å². The second kappa shape index (κ2) is 3.10. The van der Waals surface area contributed by atoms with Crippen LogP contribution in [-0.4, -0.2) is 24.6 Å². The summed E-state index contributed by atoms with van der Waals surface area (Å²) < 4.78 is -0.372. The van der Waals surface area contributed by atoms with E-state index in [2.05, 4.69) is 0 Å². The zero-order valence-electron chi connectivity index (χ0n) is 8.56. The van der Waals surface area contributed by atoms with Crippen LogP contribution >= 0.6 is 0 Å². The Bertz CT molecular complexity index is 434. The fraction of sp³-hybridized carbons (Fsp3) is 0.182. The molecule has 78 valence electrons. The molecule has 0 atom stereocenters. The molecule has 0 fully saturated rings. The monoisotopic (exact) mass is 205 g/mol. The van der Waals surface area contributed by atoms with E-state index in [0.29, 0.717) is 5.56 Å². The molecule has 4 nitrogen and oxygen atoms in total. The lowest BCUT2D eigenvalue weighted by atomic mass is 10.1. The van der Waals surface area contributed by atoms with Gasteiger partial charge in [0.15, 0.2) is 0 Å². The third-order valence-corrected chi connectivity index (χ3v) is 2.28. The lowest BCUT2D eigenvalue weighted by Crippen LogP contribution is -2.41. The van der Waals surface area contributed by atoms with Crippen molar-refractivity contribution in [2.75, 3.05) is 14.1 Å². The number of rotatable bonds is 1. The Morgan fingerprint density at radius 3 is 2.27 bits per heavy atom. The van der Waals surface area contributed by atoms with Crippen LogP contribution in [0.1, 0.15) is 5.56 Å². The van der Waals surface area contributed by atoms with Gasteiger partial charge in [0.05, 0.1) is 14.1 Å². The number of quaternary nitrogens is 1. The minimum atomic E-state index is -0.559. The molecule has 0 spiro atoms. The summed E-state index contributed by atoms with van der Waals surface area (Å²) >= 11 is 0. The van der Waals surface area contributed by atoms with Gasteiger partial charge in [-0.05, 0) is 5.56 Å². The molecule has 0 aliphatic carbocycles. The maximum atomic E-state index is 11.8. The lowest BCUT2D eigenvalue weighted by Gasteiger charge is -2.25. The van der Waals surface area contributed by atoms with Crippen molar-refractivity contribution in [1.82, 2.24) is 0 Å². The number of hydroxylamine groups is 3. The first-order chi connectivity index (χ1) is 7.02. The molecule has 1 aromatic rings. The molecule has 0 bridgehead atoms. The predicted octanol–water partition coefficient (Wildman–Crippen LogP) is 0.264. The first-order valence-corrected chi connectivity index (χ1v) is 4.57. The zero-order valence-corrected chi connectivity index (χ0v) is 8.56. The van der Waals surface area contributed by atoms with Gasteiger partial charge in [0.2, 0.25) is 0 Å². The highest BCUT2D eigenvalue weighted by molar-refractivity contribution is 6.16. The van der Waals surface area contributed by atoms with E-state index in [4.69, 9.17) is 4.84 Å². The third kappa shape index (κ3) is 1.49. The smallest absolute Gasteiger partial charge is 0.372 e. The van der Waals surface area contributed by atoms with Gasteiger partial charge in [-0.3, -0.25) is 0 Å². The van der Waals surface area contributed by atoms with Gasteiger partial charge in [0.1, 0.15) is 11.5 Å². The first-order valence-electron chi connectivity index (χ1n) is 4.57. The Morgan fingerprint density at radius 2 is 1.80 bits per heavy atom. The summed E-state index contributed by atoms with van der Waals surface area (Å²) in [6.45, 7) is 0. The quantitative estimate of drug-likeness (QED) is 0.618. The summed E-state index contributed by atoms with van der Waals surface area (Å²) in [5.41, 5.74) is 0.733. The zero-order chi connectivity index (χ0) is 11.1. The summed E-state index contributed by atoms with van der Waals surface area (Å²) in [5, 5.41) is 11.5. The number of hydrogen-bond acceptors (Lipinski definition) is 3.